The minimum Gasteiger partial charge on any atom is -0.340 e. The van der Waals surface area contributed by atoms with Gasteiger partial charge >= 0.3 is 0 Å². The zero-order valence-corrected chi connectivity index (χ0v) is 13.4. The fourth-order valence-electron chi connectivity index (χ4n) is 2.51. The Balaban J connectivity index is 2.12. The summed E-state index contributed by atoms with van der Waals surface area (Å²) >= 11 is 7.92. The van der Waals surface area contributed by atoms with Crippen LogP contribution in [-0.4, -0.2) is 12.8 Å². The Labute approximate surface area is 134 Å². The van der Waals surface area contributed by atoms with Crippen molar-refractivity contribution in [3.8, 4) is 0 Å². The second-order valence-electron chi connectivity index (χ2n) is 5.03. The molecule has 0 N–H and O–H groups in total. The van der Waals surface area contributed by atoms with Crippen LogP contribution in [0.5, 0.6) is 0 Å². The van der Waals surface area contributed by atoms with Crippen molar-refractivity contribution >= 4 is 41.0 Å². The van der Waals surface area contributed by atoms with Crippen LogP contribution in [0.2, 0.25) is 5.02 Å². The number of halogens is 1. The third-order valence-electron chi connectivity index (χ3n) is 3.61. The van der Waals surface area contributed by atoms with E-state index in [2.05, 4.69) is 30.0 Å². The summed E-state index contributed by atoms with van der Waals surface area (Å²) in [5.41, 5.74) is 2.87. The SMILES string of the molecule is CCCCN1c2ccccc2Sc2cc(C=O)c(Cl)cc21. The molecule has 1 heterocycles. The number of rotatable bonds is 4. The molecule has 0 spiro atoms. The lowest BCUT2D eigenvalue weighted by Gasteiger charge is -2.33. The van der Waals surface area contributed by atoms with Crippen molar-refractivity contribution in [2.75, 3.05) is 11.4 Å². The number of carbonyl (C=O) groups is 1. The highest BCUT2D eigenvalue weighted by Gasteiger charge is 2.24. The molecule has 0 fully saturated rings. The monoisotopic (exact) mass is 317 g/mol. The van der Waals surface area contributed by atoms with Gasteiger partial charge in [0.15, 0.2) is 6.29 Å². The summed E-state index contributed by atoms with van der Waals surface area (Å²) in [6.07, 6.45) is 3.08. The van der Waals surface area contributed by atoms with Crippen molar-refractivity contribution in [2.24, 2.45) is 0 Å². The first-order valence-corrected chi connectivity index (χ1v) is 8.27. The number of hydrogen-bond acceptors (Lipinski definition) is 3. The first-order chi connectivity index (χ1) is 10.2. The number of anilines is 2. The molecule has 0 aliphatic carbocycles. The summed E-state index contributed by atoms with van der Waals surface area (Å²) in [6, 6.07) is 12.2. The zero-order valence-electron chi connectivity index (χ0n) is 11.8. The van der Waals surface area contributed by atoms with Crippen LogP contribution in [0.15, 0.2) is 46.2 Å². The third kappa shape index (κ3) is 2.68. The molecule has 1 aliphatic rings. The standard InChI is InChI=1S/C17H16ClNOS/c1-2-3-8-19-14-6-4-5-7-16(14)21-17-9-12(11-20)13(18)10-15(17)19/h4-7,9-11H,2-3,8H2,1H3. The van der Waals surface area contributed by atoms with E-state index in [9.17, 15) is 4.79 Å². The normalized spacial score (nSPS) is 12.8. The highest BCUT2D eigenvalue weighted by atomic mass is 35.5. The number of aldehydes is 1. The van der Waals surface area contributed by atoms with Crippen LogP contribution in [0.4, 0.5) is 11.4 Å². The molecule has 0 unspecified atom stereocenters. The van der Waals surface area contributed by atoms with Crippen LogP contribution in [0.3, 0.4) is 0 Å². The maximum atomic E-state index is 11.1. The number of nitrogens with zero attached hydrogens (tertiary/aromatic N) is 1. The van der Waals surface area contributed by atoms with Gasteiger partial charge in [0.1, 0.15) is 0 Å². The Kier molecular flexibility index (Phi) is 4.22. The Morgan fingerprint density at radius 3 is 2.76 bits per heavy atom. The zero-order chi connectivity index (χ0) is 14.8. The number of hydrogen-bond donors (Lipinski definition) is 0. The molecule has 1 aliphatic heterocycles. The molecule has 0 bridgehead atoms. The van der Waals surface area contributed by atoms with E-state index in [0.717, 1.165) is 36.3 Å². The van der Waals surface area contributed by atoms with E-state index in [4.69, 9.17) is 11.6 Å². The van der Waals surface area contributed by atoms with Gasteiger partial charge in [0, 0.05) is 21.9 Å². The predicted octanol–water partition coefficient (Wildman–Crippen LogP) is 5.56. The lowest BCUT2D eigenvalue weighted by atomic mass is 10.1. The minimum absolute atomic E-state index is 0.519. The van der Waals surface area contributed by atoms with Gasteiger partial charge in [-0.3, -0.25) is 4.79 Å². The highest BCUT2D eigenvalue weighted by Crippen LogP contribution is 2.49. The van der Waals surface area contributed by atoms with Gasteiger partial charge in [0.2, 0.25) is 0 Å². The molecule has 0 saturated heterocycles. The summed E-state index contributed by atoms with van der Waals surface area (Å²) in [6.45, 7) is 3.14. The average molecular weight is 318 g/mol. The largest absolute Gasteiger partial charge is 0.340 e. The van der Waals surface area contributed by atoms with Crippen molar-refractivity contribution < 1.29 is 4.79 Å². The van der Waals surface area contributed by atoms with E-state index in [1.54, 1.807) is 11.8 Å². The fraction of sp³-hybridized carbons (Fsp3) is 0.235. The molecular weight excluding hydrogens is 302 g/mol. The molecule has 0 radical (unpaired) electrons. The van der Waals surface area contributed by atoms with Gasteiger partial charge in [-0.2, -0.15) is 0 Å². The molecule has 0 amide bonds. The van der Waals surface area contributed by atoms with Crippen LogP contribution >= 0.6 is 23.4 Å². The van der Waals surface area contributed by atoms with E-state index < -0.39 is 0 Å². The van der Waals surface area contributed by atoms with Crippen molar-refractivity contribution in [3.05, 3.63) is 47.0 Å². The van der Waals surface area contributed by atoms with Gasteiger partial charge in [-0.15, -0.1) is 0 Å². The van der Waals surface area contributed by atoms with Gasteiger partial charge in [-0.25, -0.2) is 0 Å². The van der Waals surface area contributed by atoms with Gasteiger partial charge in [-0.05, 0) is 30.7 Å². The van der Waals surface area contributed by atoms with E-state index in [0.29, 0.717) is 10.6 Å². The van der Waals surface area contributed by atoms with Crippen molar-refractivity contribution in [2.45, 2.75) is 29.6 Å². The van der Waals surface area contributed by atoms with Crippen LogP contribution in [0.25, 0.3) is 0 Å². The molecule has 4 heteroatoms. The lowest BCUT2D eigenvalue weighted by molar-refractivity contribution is 0.112. The lowest BCUT2D eigenvalue weighted by Crippen LogP contribution is -2.22. The number of carbonyl (C=O) groups excluding carboxylic acids is 1. The first-order valence-electron chi connectivity index (χ1n) is 7.07. The number of unbranched alkanes of at least 4 members (excludes halogenated alkanes) is 1. The van der Waals surface area contributed by atoms with Crippen LogP contribution < -0.4 is 4.90 Å². The Morgan fingerprint density at radius 2 is 2.00 bits per heavy atom. The number of fused-ring (bicyclic) bond motifs is 2. The Bertz CT molecular complexity index is 686. The van der Waals surface area contributed by atoms with Crippen molar-refractivity contribution in [3.63, 3.8) is 0 Å². The molecular formula is C17H16ClNOS. The van der Waals surface area contributed by atoms with E-state index in [1.807, 2.05) is 18.2 Å². The molecule has 0 atom stereocenters. The van der Waals surface area contributed by atoms with Crippen LogP contribution in [0, 0.1) is 0 Å². The molecule has 0 aromatic heterocycles. The summed E-state index contributed by atoms with van der Waals surface area (Å²) in [5.74, 6) is 0. The van der Waals surface area contributed by atoms with E-state index >= 15 is 0 Å². The van der Waals surface area contributed by atoms with Crippen molar-refractivity contribution in [1.82, 2.24) is 0 Å². The first kappa shape index (κ1) is 14.5. The average Bonchev–Trinajstić information content (AvgIpc) is 2.51. The van der Waals surface area contributed by atoms with E-state index in [1.165, 1.54) is 10.6 Å². The number of benzene rings is 2. The predicted molar refractivity (Wildman–Crippen MR) is 89.3 cm³/mol. The summed E-state index contributed by atoms with van der Waals surface area (Å²) < 4.78 is 0. The Morgan fingerprint density at radius 1 is 1.19 bits per heavy atom. The molecule has 2 nitrogen and oxygen atoms in total. The number of para-hydroxylation sites is 1. The molecule has 2 aromatic carbocycles. The van der Waals surface area contributed by atoms with Gasteiger partial charge < -0.3 is 4.90 Å². The molecule has 2 aromatic rings. The summed E-state index contributed by atoms with van der Waals surface area (Å²) in [4.78, 5) is 15.7. The smallest absolute Gasteiger partial charge is 0.151 e. The van der Waals surface area contributed by atoms with Crippen molar-refractivity contribution in [1.29, 1.82) is 0 Å². The second kappa shape index (κ2) is 6.12. The topological polar surface area (TPSA) is 20.3 Å². The minimum atomic E-state index is 0.519. The molecule has 0 saturated carbocycles. The molecule has 3 rings (SSSR count). The summed E-state index contributed by atoms with van der Waals surface area (Å²) in [5, 5.41) is 0.519. The Hall–Kier alpha value is -1.45. The second-order valence-corrected chi connectivity index (χ2v) is 6.53. The summed E-state index contributed by atoms with van der Waals surface area (Å²) in [7, 11) is 0. The van der Waals surface area contributed by atoms with Crippen LogP contribution in [0.1, 0.15) is 30.1 Å². The van der Waals surface area contributed by atoms with Gasteiger partial charge in [0.05, 0.1) is 16.4 Å². The van der Waals surface area contributed by atoms with Crippen LogP contribution in [-0.2, 0) is 0 Å². The fourth-order valence-corrected chi connectivity index (χ4v) is 3.84. The quantitative estimate of drug-likeness (QED) is 0.689. The third-order valence-corrected chi connectivity index (χ3v) is 5.05. The highest BCUT2D eigenvalue weighted by molar-refractivity contribution is 7.99. The molecule has 108 valence electrons. The van der Waals surface area contributed by atoms with E-state index in [-0.39, 0.29) is 0 Å². The maximum absolute atomic E-state index is 11.1. The maximum Gasteiger partial charge on any atom is 0.151 e. The molecule has 21 heavy (non-hydrogen) atoms. The van der Waals surface area contributed by atoms with Gasteiger partial charge in [0.25, 0.3) is 0 Å². The van der Waals surface area contributed by atoms with Gasteiger partial charge in [-0.1, -0.05) is 48.8 Å².